The number of aryl methyl sites for hydroxylation is 1. The van der Waals surface area contributed by atoms with Crippen molar-refractivity contribution in [2.24, 2.45) is 0 Å². The Hall–Kier alpha value is -3.03. The van der Waals surface area contributed by atoms with Gasteiger partial charge in [-0.15, -0.1) is 5.10 Å². The van der Waals surface area contributed by atoms with Crippen molar-refractivity contribution >= 4 is 11.9 Å². The van der Waals surface area contributed by atoms with E-state index >= 15 is 0 Å². The molecule has 0 aliphatic carbocycles. The van der Waals surface area contributed by atoms with E-state index in [2.05, 4.69) is 30.5 Å². The van der Waals surface area contributed by atoms with Gasteiger partial charge in [0.05, 0.1) is 5.56 Å². The van der Waals surface area contributed by atoms with Gasteiger partial charge < -0.3 is 0 Å². The van der Waals surface area contributed by atoms with Crippen molar-refractivity contribution in [3.8, 4) is 5.82 Å². The first-order chi connectivity index (χ1) is 9.72. The van der Waals surface area contributed by atoms with E-state index < -0.39 is 0 Å². The van der Waals surface area contributed by atoms with Crippen LogP contribution < -0.4 is 5.32 Å². The normalized spacial score (nSPS) is 10.4. The number of carbonyl (C=O) groups excluding carboxylic acids is 1. The van der Waals surface area contributed by atoms with Gasteiger partial charge >= 0.3 is 0 Å². The Kier molecular flexibility index (Phi) is 2.96. The second-order valence-electron chi connectivity index (χ2n) is 4.07. The van der Waals surface area contributed by atoms with Crippen molar-refractivity contribution in [3.63, 3.8) is 0 Å². The first-order valence-electron chi connectivity index (χ1n) is 5.87. The summed E-state index contributed by atoms with van der Waals surface area (Å²) in [5, 5.41) is 9.07. The number of aromatic amines is 1. The fourth-order valence-electron chi connectivity index (χ4n) is 1.64. The van der Waals surface area contributed by atoms with Crippen LogP contribution in [0, 0.1) is 6.92 Å². The zero-order chi connectivity index (χ0) is 13.9. The summed E-state index contributed by atoms with van der Waals surface area (Å²) >= 11 is 0. The topological polar surface area (TPSA) is 101 Å². The van der Waals surface area contributed by atoms with E-state index in [-0.39, 0.29) is 11.9 Å². The van der Waals surface area contributed by atoms with E-state index in [0.717, 1.165) is 0 Å². The molecule has 8 nitrogen and oxygen atoms in total. The second kappa shape index (κ2) is 4.92. The summed E-state index contributed by atoms with van der Waals surface area (Å²) in [6.45, 7) is 1.75. The summed E-state index contributed by atoms with van der Waals surface area (Å²) < 4.78 is 1.75. The van der Waals surface area contributed by atoms with Crippen LogP contribution in [0.3, 0.4) is 0 Å². The predicted octanol–water partition coefficient (Wildman–Crippen LogP) is 0.946. The third-order valence-corrected chi connectivity index (χ3v) is 2.60. The Morgan fingerprint density at radius 2 is 2.30 bits per heavy atom. The van der Waals surface area contributed by atoms with Gasteiger partial charge in [-0.1, -0.05) is 0 Å². The zero-order valence-corrected chi connectivity index (χ0v) is 10.6. The van der Waals surface area contributed by atoms with Crippen LogP contribution in [-0.2, 0) is 0 Å². The van der Waals surface area contributed by atoms with Gasteiger partial charge in [-0.25, -0.2) is 9.97 Å². The summed E-state index contributed by atoms with van der Waals surface area (Å²) in [7, 11) is 0. The van der Waals surface area contributed by atoms with Crippen LogP contribution in [0.2, 0.25) is 0 Å². The predicted molar refractivity (Wildman–Crippen MR) is 70.4 cm³/mol. The lowest BCUT2D eigenvalue weighted by atomic mass is 10.2. The fraction of sp³-hybridized carbons (Fsp3) is 0.0833. The molecule has 0 spiro atoms. The molecule has 0 atom stereocenters. The first kappa shape index (κ1) is 12.0. The molecule has 20 heavy (non-hydrogen) atoms. The summed E-state index contributed by atoms with van der Waals surface area (Å²) in [5.74, 6) is 1.25. The summed E-state index contributed by atoms with van der Waals surface area (Å²) in [5.41, 5.74) is 0.427. The molecule has 3 aromatic rings. The number of nitrogens with zero attached hydrogens (tertiary/aromatic N) is 5. The quantitative estimate of drug-likeness (QED) is 0.737. The molecule has 0 saturated heterocycles. The molecular weight excluding hydrogens is 258 g/mol. The van der Waals surface area contributed by atoms with Crippen LogP contribution in [0.1, 0.15) is 16.2 Å². The molecule has 0 radical (unpaired) electrons. The molecule has 0 aliphatic heterocycles. The van der Waals surface area contributed by atoms with Gasteiger partial charge in [-0.2, -0.15) is 4.98 Å². The molecule has 3 rings (SSSR count). The number of pyridine rings is 1. The lowest BCUT2D eigenvalue weighted by Crippen LogP contribution is -2.13. The van der Waals surface area contributed by atoms with E-state index in [0.29, 0.717) is 17.2 Å². The van der Waals surface area contributed by atoms with E-state index in [1.807, 2.05) is 0 Å². The van der Waals surface area contributed by atoms with Crippen LogP contribution >= 0.6 is 0 Å². The molecule has 0 aliphatic rings. The van der Waals surface area contributed by atoms with Crippen molar-refractivity contribution < 1.29 is 4.79 Å². The monoisotopic (exact) mass is 269 g/mol. The maximum atomic E-state index is 12.0. The van der Waals surface area contributed by atoms with Crippen molar-refractivity contribution in [1.29, 1.82) is 0 Å². The van der Waals surface area contributed by atoms with Gasteiger partial charge in [0.25, 0.3) is 5.91 Å². The Bertz CT molecular complexity index is 715. The molecule has 3 heterocycles. The van der Waals surface area contributed by atoms with Crippen LogP contribution in [0.4, 0.5) is 5.95 Å². The third kappa shape index (κ3) is 2.39. The number of rotatable bonds is 3. The number of hydrogen-bond acceptors (Lipinski definition) is 5. The maximum Gasteiger partial charge on any atom is 0.259 e. The highest BCUT2D eigenvalue weighted by atomic mass is 16.1. The van der Waals surface area contributed by atoms with Crippen molar-refractivity contribution in [3.05, 3.63) is 48.4 Å². The average molecular weight is 269 g/mol. The molecule has 0 bridgehead atoms. The molecule has 0 fully saturated rings. The van der Waals surface area contributed by atoms with Crippen LogP contribution in [0.5, 0.6) is 0 Å². The fourth-order valence-corrected chi connectivity index (χ4v) is 1.64. The summed E-state index contributed by atoms with van der Waals surface area (Å²) in [6, 6.07) is 3.41. The Morgan fingerprint density at radius 3 is 2.90 bits per heavy atom. The van der Waals surface area contributed by atoms with E-state index in [4.69, 9.17) is 0 Å². The van der Waals surface area contributed by atoms with E-state index in [9.17, 15) is 4.79 Å². The molecule has 1 amide bonds. The number of nitrogens with one attached hydrogen (secondary N) is 2. The van der Waals surface area contributed by atoms with Gasteiger partial charge in [0.2, 0.25) is 5.95 Å². The van der Waals surface area contributed by atoms with Gasteiger partial charge in [-0.05, 0) is 19.1 Å². The number of H-pyrrole nitrogens is 1. The molecule has 100 valence electrons. The van der Waals surface area contributed by atoms with Crippen LogP contribution in [-0.4, -0.2) is 35.6 Å². The molecule has 0 saturated carbocycles. The lowest BCUT2D eigenvalue weighted by molar-refractivity contribution is 0.102. The minimum Gasteiger partial charge on any atom is -0.291 e. The highest BCUT2D eigenvalue weighted by Crippen LogP contribution is 2.07. The molecule has 8 heteroatoms. The number of hydrogen-bond donors (Lipinski definition) is 2. The molecule has 0 aromatic carbocycles. The molecular formula is C12H11N7O. The number of amides is 1. The molecule has 0 unspecified atom stereocenters. The lowest BCUT2D eigenvalue weighted by Gasteiger charge is -2.03. The SMILES string of the molecule is Cc1nc(NC(=O)c2ccc(-n3ccnc3)nc2)n[nH]1. The highest BCUT2D eigenvalue weighted by molar-refractivity contribution is 6.03. The standard InChI is InChI=1S/C12H11N7O/c1-8-15-12(18-17-8)16-11(20)9-2-3-10(14-6-9)19-5-4-13-7-19/h2-7H,1H3,(H2,15,16,17,18,20). The summed E-state index contributed by atoms with van der Waals surface area (Å²) in [6.07, 6.45) is 6.56. The molecule has 2 N–H and O–H groups in total. The van der Waals surface area contributed by atoms with Crippen LogP contribution in [0.25, 0.3) is 5.82 Å². The third-order valence-electron chi connectivity index (χ3n) is 2.60. The van der Waals surface area contributed by atoms with E-state index in [1.54, 1.807) is 42.3 Å². The second-order valence-corrected chi connectivity index (χ2v) is 4.07. The van der Waals surface area contributed by atoms with Gasteiger partial charge in [0.1, 0.15) is 18.0 Å². The Labute approximate surface area is 113 Å². The van der Waals surface area contributed by atoms with Crippen LogP contribution in [0.15, 0.2) is 37.1 Å². The molecule has 3 aromatic heterocycles. The highest BCUT2D eigenvalue weighted by Gasteiger charge is 2.09. The average Bonchev–Trinajstić information content (AvgIpc) is 3.11. The van der Waals surface area contributed by atoms with Gasteiger partial charge in [-0.3, -0.25) is 19.8 Å². The minimum absolute atomic E-state index is 0.242. The first-order valence-corrected chi connectivity index (χ1v) is 5.87. The minimum atomic E-state index is -0.311. The largest absolute Gasteiger partial charge is 0.291 e. The van der Waals surface area contributed by atoms with Crippen molar-refractivity contribution in [2.45, 2.75) is 6.92 Å². The number of imidazole rings is 1. The van der Waals surface area contributed by atoms with E-state index in [1.165, 1.54) is 6.20 Å². The number of anilines is 1. The smallest absolute Gasteiger partial charge is 0.259 e. The van der Waals surface area contributed by atoms with Crippen molar-refractivity contribution in [1.82, 2.24) is 29.7 Å². The maximum absolute atomic E-state index is 12.0. The number of carbonyl (C=O) groups is 1. The van der Waals surface area contributed by atoms with Crippen molar-refractivity contribution in [2.75, 3.05) is 5.32 Å². The number of aromatic nitrogens is 6. The Morgan fingerprint density at radius 1 is 1.40 bits per heavy atom. The summed E-state index contributed by atoms with van der Waals surface area (Å²) in [4.78, 5) is 24.1. The van der Waals surface area contributed by atoms with Gasteiger partial charge in [0.15, 0.2) is 0 Å². The zero-order valence-electron chi connectivity index (χ0n) is 10.6. The Balaban J connectivity index is 1.75. The van der Waals surface area contributed by atoms with Gasteiger partial charge in [0, 0.05) is 18.6 Å².